The van der Waals surface area contributed by atoms with Crippen LogP contribution in [0.3, 0.4) is 0 Å². The quantitative estimate of drug-likeness (QED) is 0.609. The normalized spacial score (nSPS) is 10.6. The van der Waals surface area contributed by atoms with Crippen LogP contribution in [0, 0.1) is 6.92 Å². The van der Waals surface area contributed by atoms with Crippen molar-refractivity contribution in [2.75, 3.05) is 5.73 Å². The van der Waals surface area contributed by atoms with E-state index in [1.54, 1.807) is 13.1 Å². The van der Waals surface area contributed by atoms with E-state index >= 15 is 0 Å². The summed E-state index contributed by atoms with van der Waals surface area (Å²) in [5.74, 6) is 0. The van der Waals surface area contributed by atoms with Crippen molar-refractivity contribution in [2.45, 2.75) is 17.0 Å². The van der Waals surface area contributed by atoms with Crippen LogP contribution in [0.15, 0.2) is 37.8 Å². The Morgan fingerprint density at radius 2 is 2.11 bits per heavy atom. The van der Waals surface area contributed by atoms with E-state index in [4.69, 9.17) is 5.73 Å². The number of benzene rings is 1. The molecule has 1 aromatic carbocycles. The van der Waals surface area contributed by atoms with Crippen LogP contribution >= 0.6 is 11.8 Å². The maximum absolute atomic E-state index is 11.2. The Morgan fingerprint density at radius 3 is 2.78 bits per heavy atom. The predicted octanol–water partition coefficient (Wildman–Crippen LogP) is 0.510. The van der Waals surface area contributed by atoms with Gasteiger partial charge >= 0.3 is 11.1 Å². The number of hydrogen-bond acceptors (Lipinski definition) is 5. The van der Waals surface area contributed by atoms with Gasteiger partial charge in [-0.05, 0) is 24.6 Å². The molecule has 0 aliphatic heterocycles. The minimum Gasteiger partial charge on any atom is -0.398 e. The lowest BCUT2D eigenvalue weighted by Crippen LogP contribution is -2.33. The topological polar surface area (TPSA) is 93.8 Å². The smallest absolute Gasteiger partial charge is 0.339 e. The Kier molecular flexibility index (Phi) is 3.24. The maximum atomic E-state index is 11.2. The first kappa shape index (κ1) is 12.4. The number of hydrogen-bond donors (Lipinski definition) is 2. The Labute approximate surface area is 107 Å². The van der Waals surface area contributed by atoms with E-state index in [1.165, 1.54) is 16.4 Å². The first-order valence-electron chi connectivity index (χ1n) is 5.18. The number of nitrogen functional groups attached to an aromatic ring is 1. The van der Waals surface area contributed by atoms with Crippen LogP contribution in [0.25, 0.3) is 0 Å². The summed E-state index contributed by atoms with van der Waals surface area (Å²) in [5, 5.41) is 2.79. The maximum Gasteiger partial charge on any atom is 0.339 e. The van der Waals surface area contributed by atoms with Gasteiger partial charge in [0, 0.05) is 17.6 Å². The van der Waals surface area contributed by atoms with Crippen molar-refractivity contribution in [2.24, 2.45) is 7.05 Å². The third-order valence-corrected chi connectivity index (χ3v) is 3.44. The highest BCUT2D eigenvalue weighted by atomic mass is 32.2. The van der Waals surface area contributed by atoms with Crippen molar-refractivity contribution in [1.82, 2.24) is 14.8 Å². The zero-order chi connectivity index (χ0) is 13.3. The summed E-state index contributed by atoms with van der Waals surface area (Å²) in [5.41, 5.74) is 5.94. The van der Waals surface area contributed by atoms with E-state index in [0.29, 0.717) is 10.8 Å². The van der Waals surface area contributed by atoms with Crippen LogP contribution in [-0.4, -0.2) is 14.8 Å². The summed E-state index contributed by atoms with van der Waals surface area (Å²) in [6.45, 7) is 1.91. The van der Waals surface area contributed by atoms with Crippen LogP contribution in [0.5, 0.6) is 0 Å². The first-order chi connectivity index (χ1) is 8.47. The molecule has 0 saturated carbocycles. The van der Waals surface area contributed by atoms with Gasteiger partial charge in [-0.2, -0.15) is 4.98 Å². The van der Waals surface area contributed by atoms with Crippen molar-refractivity contribution in [3.63, 3.8) is 0 Å². The minimum absolute atomic E-state index is 0.405. The van der Waals surface area contributed by atoms with Gasteiger partial charge in [-0.1, -0.05) is 17.8 Å². The van der Waals surface area contributed by atoms with Crippen LogP contribution in [-0.2, 0) is 7.05 Å². The monoisotopic (exact) mass is 264 g/mol. The molecule has 94 valence electrons. The highest BCUT2D eigenvalue weighted by Crippen LogP contribution is 2.27. The first-order valence-corrected chi connectivity index (χ1v) is 6.00. The fourth-order valence-electron chi connectivity index (χ4n) is 1.34. The summed E-state index contributed by atoms with van der Waals surface area (Å²) in [6.07, 6.45) is 0. The van der Waals surface area contributed by atoms with Crippen LogP contribution < -0.4 is 16.9 Å². The van der Waals surface area contributed by atoms with Gasteiger partial charge in [0.1, 0.15) is 0 Å². The highest BCUT2D eigenvalue weighted by Gasteiger charge is 2.06. The van der Waals surface area contributed by atoms with Crippen molar-refractivity contribution in [3.05, 3.63) is 44.5 Å². The number of aryl methyl sites for hydroxylation is 2. The lowest BCUT2D eigenvalue weighted by atomic mass is 10.2. The molecule has 3 N–H and O–H groups in total. The number of H-pyrrole nitrogens is 1. The van der Waals surface area contributed by atoms with Crippen molar-refractivity contribution in [1.29, 1.82) is 0 Å². The minimum atomic E-state index is -0.796. The molecular weight excluding hydrogens is 252 g/mol. The Hall–Kier alpha value is -2.02. The molecule has 0 unspecified atom stereocenters. The van der Waals surface area contributed by atoms with Gasteiger partial charge in [0.05, 0.1) is 0 Å². The van der Waals surface area contributed by atoms with Gasteiger partial charge in [0.2, 0.25) is 0 Å². The van der Waals surface area contributed by atoms with Gasteiger partial charge in [-0.25, -0.2) is 0 Å². The van der Waals surface area contributed by atoms with Crippen LogP contribution in [0.1, 0.15) is 5.56 Å². The number of nitrogens with one attached hydrogen (secondary N) is 1. The third-order valence-electron chi connectivity index (χ3n) is 2.41. The van der Waals surface area contributed by atoms with E-state index < -0.39 is 11.1 Å². The van der Waals surface area contributed by atoms with Gasteiger partial charge in [-0.3, -0.25) is 19.4 Å². The molecule has 0 radical (unpaired) electrons. The lowest BCUT2D eigenvalue weighted by Gasteiger charge is -2.07. The van der Waals surface area contributed by atoms with E-state index in [-0.39, 0.29) is 0 Å². The van der Waals surface area contributed by atoms with Gasteiger partial charge in [0.15, 0.2) is 5.16 Å². The molecule has 0 aliphatic carbocycles. The molecule has 6 nitrogen and oxygen atoms in total. The van der Waals surface area contributed by atoms with Crippen molar-refractivity contribution >= 4 is 17.4 Å². The Balaban J connectivity index is 2.40. The summed E-state index contributed by atoms with van der Waals surface area (Å²) in [6, 6.07) is 5.58. The number of nitrogens with two attached hydrogens (primary N) is 1. The predicted molar refractivity (Wildman–Crippen MR) is 69.8 cm³/mol. The largest absolute Gasteiger partial charge is 0.398 e. The highest BCUT2D eigenvalue weighted by molar-refractivity contribution is 7.99. The molecule has 0 fully saturated rings. The fraction of sp³-hybridized carbons (Fsp3) is 0.182. The summed E-state index contributed by atoms with van der Waals surface area (Å²) < 4.78 is 1.41. The molecule has 2 aromatic rings. The molecule has 7 heteroatoms. The zero-order valence-corrected chi connectivity index (χ0v) is 10.7. The molecule has 1 aromatic heterocycles. The second-order valence-electron chi connectivity index (χ2n) is 3.82. The second kappa shape index (κ2) is 4.69. The molecule has 0 bridgehead atoms. The van der Waals surface area contributed by atoms with Gasteiger partial charge in [0.25, 0.3) is 0 Å². The van der Waals surface area contributed by atoms with Crippen molar-refractivity contribution in [3.8, 4) is 0 Å². The van der Waals surface area contributed by atoms with E-state index in [0.717, 1.165) is 10.5 Å². The summed E-state index contributed by atoms with van der Waals surface area (Å²) in [4.78, 5) is 26.8. The van der Waals surface area contributed by atoms with E-state index in [2.05, 4.69) is 10.1 Å². The molecule has 2 rings (SSSR count). The zero-order valence-electron chi connectivity index (χ0n) is 9.93. The number of rotatable bonds is 2. The van der Waals surface area contributed by atoms with Crippen LogP contribution in [0.2, 0.25) is 0 Å². The van der Waals surface area contributed by atoms with E-state index in [1.807, 2.05) is 19.1 Å². The molecule has 0 atom stereocenters. The summed E-state index contributed by atoms with van der Waals surface area (Å²) >= 11 is 1.26. The van der Waals surface area contributed by atoms with Crippen LogP contribution in [0.4, 0.5) is 5.69 Å². The number of aromatic nitrogens is 3. The number of aromatic amines is 1. The van der Waals surface area contributed by atoms with Gasteiger partial charge in [-0.15, -0.1) is 0 Å². The summed E-state index contributed by atoms with van der Waals surface area (Å²) in [7, 11) is 1.62. The van der Waals surface area contributed by atoms with Crippen molar-refractivity contribution < 1.29 is 0 Å². The molecule has 0 aliphatic rings. The number of anilines is 1. The SMILES string of the molecule is Cc1ccc(Sc2nc(=O)c(=O)[nH]n2C)cc1N. The molecule has 18 heavy (non-hydrogen) atoms. The second-order valence-corrected chi connectivity index (χ2v) is 4.86. The van der Waals surface area contributed by atoms with E-state index in [9.17, 15) is 9.59 Å². The fourth-order valence-corrected chi connectivity index (χ4v) is 2.18. The Bertz CT molecular complexity index is 705. The Morgan fingerprint density at radius 1 is 1.39 bits per heavy atom. The molecular formula is C11H12N4O2S. The molecule has 1 heterocycles. The average Bonchev–Trinajstić information content (AvgIpc) is 2.31. The van der Waals surface area contributed by atoms with Gasteiger partial charge < -0.3 is 5.73 Å². The molecule has 0 spiro atoms. The molecule has 0 saturated heterocycles. The molecule has 0 amide bonds. The standard InChI is InChI=1S/C11H12N4O2S/c1-6-3-4-7(5-8(6)12)18-11-13-9(16)10(17)14-15(11)2/h3-5H,12H2,1-2H3,(H,14,17). The lowest BCUT2D eigenvalue weighted by molar-refractivity contribution is 0.596. The average molecular weight is 264 g/mol. The number of nitrogens with zero attached hydrogens (tertiary/aromatic N) is 2. The third kappa shape index (κ3) is 2.45.